The van der Waals surface area contributed by atoms with Crippen molar-refractivity contribution in [3.63, 3.8) is 0 Å². The molecule has 1 aliphatic heterocycles. The van der Waals surface area contributed by atoms with Gasteiger partial charge in [-0.3, -0.25) is 0 Å². The van der Waals surface area contributed by atoms with Crippen molar-refractivity contribution < 1.29 is 4.57 Å². The summed E-state index contributed by atoms with van der Waals surface area (Å²) in [6.07, 6.45) is 36.3. The molecule has 0 saturated carbocycles. The summed E-state index contributed by atoms with van der Waals surface area (Å²) >= 11 is 0. The third-order valence-corrected chi connectivity index (χ3v) is 6.35. The Morgan fingerprint density at radius 2 is 1.33 bits per heavy atom. The predicted octanol–water partition coefficient (Wildman–Crippen LogP) is 8.84. The first-order valence-electron chi connectivity index (χ1n) is 12.8. The van der Waals surface area contributed by atoms with Crippen LogP contribution in [0.15, 0.2) is 24.4 Å². The average molecular weight is 409 g/mol. The molecule has 1 nitrogen and oxygen atoms in total. The lowest BCUT2D eigenvalue weighted by Gasteiger charge is -2.07. The Balaban J connectivity index is 1.88. The number of aromatic nitrogens is 1. The summed E-state index contributed by atoms with van der Waals surface area (Å²) < 4.78 is 2.34. The molecule has 0 unspecified atom stereocenters. The second-order valence-corrected chi connectivity index (χ2v) is 8.98. The van der Waals surface area contributed by atoms with Crippen LogP contribution in [0.5, 0.6) is 0 Å². The summed E-state index contributed by atoms with van der Waals surface area (Å²) in [5, 5.41) is 0. The first-order chi connectivity index (χ1) is 14.8. The van der Waals surface area contributed by atoms with Crippen molar-refractivity contribution in [2.45, 2.75) is 117 Å². The van der Waals surface area contributed by atoms with Crippen LogP contribution in [-0.4, -0.2) is 0 Å². The highest BCUT2D eigenvalue weighted by Crippen LogP contribution is 2.22. The van der Waals surface area contributed by atoms with Gasteiger partial charge in [0.15, 0.2) is 18.1 Å². The average Bonchev–Trinajstić information content (AvgIpc) is 3.22. The lowest BCUT2D eigenvalue weighted by atomic mass is 9.99. The SMILES string of the molecule is CCCCCCCC/C=C\c1c[n+]2c(c(/C=C\CCCCCCCC)c1C)CC=C2. The largest absolute Gasteiger partial charge is 0.198 e. The molecule has 2 heterocycles. The maximum Gasteiger partial charge on any atom is 0.198 e. The number of nitrogens with zero attached hydrogens (tertiary/aromatic N) is 1. The number of hydrogen-bond acceptors (Lipinski definition) is 0. The number of allylic oxidation sites excluding steroid dienone is 3. The van der Waals surface area contributed by atoms with E-state index in [1.54, 1.807) is 0 Å². The van der Waals surface area contributed by atoms with Crippen LogP contribution in [0.2, 0.25) is 0 Å². The number of rotatable bonds is 16. The fourth-order valence-corrected chi connectivity index (χ4v) is 4.35. The van der Waals surface area contributed by atoms with E-state index >= 15 is 0 Å². The highest BCUT2D eigenvalue weighted by molar-refractivity contribution is 5.64. The molecular weight excluding hydrogens is 362 g/mol. The number of fused-ring (bicyclic) bond motifs is 1. The van der Waals surface area contributed by atoms with E-state index in [0.29, 0.717) is 0 Å². The van der Waals surface area contributed by atoms with Crippen LogP contribution >= 0.6 is 0 Å². The van der Waals surface area contributed by atoms with Gasteiger partial charge in [0.1, 0.15) is 0 Å². The second-order valence-electron chi connectivity index (χ2n) is 8.98. The van der Waals surface area contributed by atoms with Crippen molar-refractivity contribution in [3.05, 3.63) is 46.8 Å². The number of hydrogen-bond donors (Lipinski definition) is 0. The molecule has 0 atom stereocenters. The molecular formula is C29H46N+. The summed E-state index contributed by atoms with van der Waals surface area (Å²) in [6, 6.07) is 0. The molecule has 0 fully saturated rings. The van der Waals surface area contributed by atoms with Gasteiger partial charge in [0, 0.05) is 11.1 Å². The van der Waals surface area contributed by atoms with Crippen LogP contribution in [-0.2, 0) is 6.42 Å². The maximum atomic E-state index is 2.41. The highest BCUT2D eigenvalue weighted by Gasteiger charge is 2.21. The van der Waals surface area contributed by atoms with Crippen LogP contribution in [0, 0.1) is 6.92 Å². The molecule has 0 aliphatic carbocycles. The molecule has 0 radical (unpaired) electrons. The molecule has 2 rings (SSSR count). The van der Waals surface area contributed by atoms with Gasteiger partial charge in [-0.05, 0) is 44.2 Å². The second kappa shape index (κ2) is 15.2. The van der Waals surface area contributed by atoms with E-state index in [9.17, 15) is 0 Å². The molecule has 1 aromatic rings. The van der Waals surface area contributed by atoms with Gasteiger partial charge in [-0.25, -0.2) is 0 Å². The molecule has 0 saturated heterocycles. The van der Waals surface area contributed by atoms with Crippen LogP contribution in [0.3, 0.4) is 0 Å². The van der Waals surface area contributed by atoms with Gasteiger partial charge in [0.2, 0.25) is 0 Å². The first-order valence-corrected chi connectivity index (χ1v) is 12.8. The fourth-order valence-electron chi connectivity index (χ4n) is 4.35. The molecule has 1 aromatic heterocycles. The predicted molar refractivity (Wildman–Crippen MR) is 134 cm³/mol. The first kappa shape index (κ1) is 24.6. The van der Waals surface area contributed by atoms with Gasteiger partial charge in [-0.15, -0.1) is 0 Å². The monoisotopic (exact) mass is 408 g/mol. The van der Waals surface area contributed by atoms with E-state index in [1.807, 2.05) is 0 Å². The summed E-state index contributed by atoms with van der Waals surface area (Å²) in [6.45, 7) is 6.87. The molecule has 0 spiro atoms. The van der Waals surface area contributed by atoms with Gasteiger partial charge >= 0.3 is 0 Å². The Morgan fingerprint density at radius 3 is 1.97 bits per heavy atom. The minimum absolute atomic E-state index is 1.05. The molecule has 0 amide bonds. The summed E-state index contributed by atoms with van der Waals surface area (Å²) in [7, 11) is 0. The Hall–Kier alpha value is -1.63. The van der Waals surface area contributed by atoms with Crippen LogP contribution < -0.4 is 4.57 Å². The Bertz CT molecular complexity index is 693. The normalized spacial score (nSPS) is 13.2. The van der Waals surface area contributed by atoms with E-state index in [4.69, 9.17) is 0 Å². The van der Waals surface area contributed by atoms with Gasteiger partial charge < -0.3 is 0 Å². The van der Waals surface area contributed by atoms with E-state index in [-0.39, 0.29) is 0 Å². The quantitative estimate of drug-likeness (QED) is 0.190. The van der Waals surface area contributed by atoms with Crippen molar-refractivity contribution in [1.29, 1.82) is 0 Å². The number of pyridine rings is 1. The van der Waals surface area contributed by atoms with E-state index in [0.717, 1.165) is 6.42 Å². The third-order valence-electron chi connectivity index (χ3n) is 6.35. The van der Waals surface area contributed by atoms with Crippen LogP contribution in [0.25, 0.3) is 18.4 Å². The van der Waals surface area contributed by atoms with Crippen molar-refractivity contribution in [2.75, 3.05) is 0 Å². The molecule has 30 heavy (non-hydrogen) atoms. The van der Waals surface area contributed by atoms with Crippen LogP contribution in [0.1, 0.15) is 126 Å². The molecule has 0 aromatic carbocycles. The summed E-state index contributed by atoms with van der Waals surface area (Å²) in [5.41, 5.74) is 5.69. The van der Waals surface area contributed by atoms with Crippen molar-refractivity contribution in [3.8, 4) is 0 Å². The van der Waals surface area contributed by atoms with Crippen molar-refractivity contribution in [1.82, 2.24) is 0 Å². The van der Waals surface area contributed by atoms with E-state index in [1.165, 1.54) is 112 Å². The summed E-state index contributed by atoms with van der Waals surface area (Å²) in [4.78, 5) is 0. The van der Waals surface area contributed by atoms with Gasteiger partial charge in [0.05, 0.1) is 6.42 Å². The van der Waals surface area contributed by atoms with Crippen molar-refractivity contribution in [2.24, 2.45) is 0 Å². The van der Waals surface area contributed by atoms with Gasteiger partial charge in [-0.1, -0.05) is 102 Å². The standard InChI is InChI=1S/C29H46N/c1-4-6-8-10-12-14-16-18-21-27-25-30-24-20-23-29(30)28(26(27)3)22-19-17-15-13-11-9-7-5-2/h18-22,24-25H,4-17,23H2,1-3H3/q+1/b21-18-,22-19-. The Kier molecular flexibility index (Phi) is 12.5. The zero-order valence-corrected chi connectivity index (χ0v) is 20.1. The van der Waals surface area contributed by atoms with Gasteiger partial charge in [-0.2, -0.15) is 4.57 Å². The summed E-state index contributed by atoms with van der Waals surface area (Å²) in [5.74, 6) is 0. The van der Waals surface area contributed by atoms with Gasteiger partial charge in [0.25, 0.3) is 0 Å². The zero-order chi connectivity index (χ0) is 21.4. The maximum absolute atomic E-state index is 2.41. The third kappa shape index (κ3) is 8.62. The lowest BCUT2D eigenvalue weighted by Crippen LogP contribution is -2.30. The smallest absolute Gasteiger partial charge is 0.170 e. The van der Waals surface area contributed by atoms with Crippen LogP contribution in [0.4, 0.5) is 0 Å². The van der Waals surface area contributed by atoms with E-state index < -0.39 is 0 Å². The van der Waals surface area contributed by atoms with Crippen molar-refractivity contribution >= 4 is 18.4 Å². The Morgan fingerprint density at radius 1 is 0.767 bits per heavy atom. The topological polar surface area (TPSA) is 3.88 Å². The minimum Gasteiger partial charge on any atom is -0.170 e. The number of unbranched alkanes of at least 4 members (excludes halogenated alkanes) is 12. The Labute approximate surface area is 187 Å². The molecule has 1 heteroatoms. The molecule has 166 valence electrons. The molecule has 0 bridgehead atoms. The molecule has 0 N–H and O–H groups in total. The zero-order valence-electron chi connectivity index (χ0n) is 20.1. The minimum atomic E-state index is 1.05. The van der Waals surface area contributed by atoms with E-state index in [2.05, 4.69) is 68.1 Å². The lowest BCUT2D eigenvalue weighted by molar-refractivity contribution is -0.572. The highest BCUT2D eigenvalue weighted by atomic mass is 15.0. The molecule has 1 aliphatic rings. The fraction of sp³-hybridized carbons (Fsp3) is 0.621.